The monoisotopic (exact) mass is 366 g/mol. The van der Waals surface area contributed by atoms with Gasteiger partial charge in [0, 0.05) is 5.69 Å². The van der Waals surface area contributed by atoms with Crippen LogP contribution in [0.2, 0.25) is 0 Å². The van der Waals surface area contributed by atoms with Gasteiger partial charge in [0.2, 0.25) is 11.8 Å². The van der Waals surface area contributed by atoms with Crippen LogP contribution in [-0.2, 0) is 9.59 Å². The van der Waals surface area contributed by atoms with Crippen molar-refractivity contribution < 1.29 is 14.4 Å². The molecule has 1 N–H and O–H groups in total. The molecule has 1 aromatic carbocycles. The lowest BCUT2D eigenvalue weighted by atomic mass is 9.85. The number of thiophene rings is 1. The third kappa shape index (κ3) is 2.76. The highest BCUT2D eigenvalue weighted by Gasteiger charge is 2.47. The van der Waals surface area contributed by atoms with Crippen LogP contribution in [0.15, 0.2) is 47.9 Å². The number of aryl methyl sites for hydroxylation is 1. The molecule has 1 aliphatic carbocycles. The van der Waals surface area contributed by atoms with E-state index in [0.29, 0.717) is 29.1 Å². The van der Waals surface area contributed by atoms with E-state index in [1.165, 1.54) is 16.2 Å². The molecule has 26 heavy (non-hydrogen) atoms. The first kappa shape index (κ1) is 16.7. The molecule has 4 rings (SSSR count). The van der Waals surface area contributed by atoms with Crippen LogP contribution >= 0.6 is 11.3 Å². The number of hydrogen-bond acceptors (Lipinski definition) is 4. The third-order valence-corrected chi connectivity index (χ3v) is 5.84. The molecule has 3 amide bonds. The molecule has 1 aliphatic heterocycles. The zero-order valence-electron chi connectivity index (χ0n) is 14.3. The number of carbonyl (C=O) groups excluding carboxylic acids is 3. The van der Waals surface area contributed by atoms with Gasteiger partial charge in [-0.05, 0) is 55.0 Å². The first-order chi connectivity index (χ1) is 12.6. The number of allylic oxidation sites excluding steroid dienone is 2. The highest BCUT2D eigenvalue weighted by atomic mass is 32.1. The Hall–Kier alpha value is -2.73. The summed E-state index contributed by atoms with van der Waals surface area (Å²) in [6.45, 7) is 1.85. The topological polar surface area (TPSA) is 66.5 Å². The Bertz CT molecular complexity index is 891. The van der Waals surface area contributed by atoms with E-state index in [1.807, 2.05) is 30.5 Å². The molecule has 132 valence electrons. The van der Waals surface area contributed by atoms with Crippen molar-refractivity contribution in [1.82, 2.24) is 0 Å². The molecular formula is C20H18N2O3S. The molecule has 2 heterocycles. The van der Waals surface area contributed by atoms with Crippen LogP contribution < -0.4 is 10.2 Å². The van der Waals surface area contributed by atoms with Crippen LogP contribution in [0.4, 0.5) is 11.4 Å². The number of fused-ring (bicyclic) bond motifs is 1. The number of rotatable bonds is 3. The largest absolute Gasteiger partial charge is 0.321 e. The molecule has 1 saturated heterocycles. The van der Waals surface area contributed by atoms with Crippen LogP contribution in [0, 0.1) is 18.8 Å². The molecule has 2 unspecified atom stereocenters. The number of nitrogens with zero attached hydrogens (tertiary/aromatic N) is 1. The zero-order chi connectivity index (χ0) is 18.3. The molecule has 2 aromatic rings. The highest BCUT2D eigenvalue weighted by molar-refractivity contribution is 7.12. The molecule has 0 saturated carbocycles. The predicted molar refractivity (Wildman–Crippen MR) is 101 cm³/mol. The van der Waals surface area contributed by atoms with Crippen molar-refractivity contribution in [2.75, 3.05) is 10.2 Å². The van der Waals surface area contributed by atoms with Gasteiger partial charge in [-0.15, -0.1) is 11.3 Å². The standard InChI is InChI=1S/C20H18N2O3S/c1-12-11-13(8-9-16(12)21-18(23)17-7-4-10-26-17)22-19(24)14-5-2-3-6-15(14)20(22)25/h2-4,7-11,14-15H,5-6H2,1H3,(H,21,23). The van der Waals surface area contributed by atoms with E-state index in [2.05, 4.69) is 5.32 Å². The summed E-state index contributed by atoms with van der Waals surface area (Å²) in [5.41, 5.74) is 2.05. The second-order valence-corrected chi connectivity index (χ2v) is 7.55. The van der Waals surface area contributed by atoms with Crippen LogP contribution in [0.1, 0.15) is 28.1 Å². The Morgan fingerprint density at radius 3 is 2.38 bits per heavy atom. The second kappa shape index (κ2) is 6.53. The first-order valence-corrected chi connectivity index (χ1v) is 9.42. The summed E-state index contributed by atoms with van der Waals surface area (Å²) >= 11 is 1.38. The van der Waals surface area contributed by atoms with Gasteiger partial charge in [-0.3, -0.25) is 19.3 Å². The lowest BCUT2D eigenvalue weighted by Crippen LogP contribution is -2.31. The molecule has 1 fully saturated rings. The van der Waals surface area contributed by atoms with Crippen molar-refractivity contribution in [3.05, 3.63) is 58.3 Å². The minimum absolute atomic E-state index is 0.126. The maximum Gasteiger partial charge on any atom is 0.265 e. The number of hydrogen-bond donors (Lipinski definition) is 1. The number of benzene rings is 1. The maximum absolute atomic E-state index is 12.7. The lowest BCUT2D eigenvalue weighted by molar-refractivity contribution is -0.122. The van der Waals surface area contributed by atoms with E-state index in [-0.39, 0.29) is 29.6 Å². The van der Waals surface area contributed by atoms with Gasteiger partial charge in [-0.25, -0.2) is 0 Å². The van der Waals surface area contributed by atoms with Crippen molar-refractivity contribution in [3.8, 4) is 0 Å². The first-order valence-electron chi connectivity index (χ1n) is 8.54. The fourth-order valence-corrected chi connectivity index (χ4v) is 4.19. The van der Waals surface area contributed by atoms with E-state index in [9.17, 15) is 14.4 Å². The van der Waals surface area contributed by atoms with Crippen molar-refractivity contribution in [2.45, 2.75) is 19.8 Å². The number of amides is 3. The number of carbonyl (C=O) groups is 3. The van der Waals surface area contributed by atoms with Crippen molar-refractivity contribution in [3.63, 3.8) is 0 Å². The molecule has 0 bridgehead atoms. The van der Waals surface area contributed by atoms with E-state index in [0.717, 1.165) is 5.56 Å². The van der Waals surface area contributed by atoms with Crippen molar-refractivity contribution >= 4 is 40.4 Å². The van der Waals surface area contributed by atoms with Gasteiger partial charge in [0.05, 0.1) is 22.4 Å². The van der Waals surface area contributed by atoms with Crippen LogP contribution in [0.3, 0.4) is 0 Å². The Kier molecular flexibility index (Phi) is 4.20. The van der Waals surface area contributed by atoms with E-state index >= 15 is 0 Å². The Balaban J connectivity index is 1.57. The summed E-state index contributed by atoms with van der Waals surface area (Å²) in [5.74, 6) is -0.906. The van der Waals surface area contributed by atoms with Gasteiger partial charge in [0.15, 0.2) is 0 Å². The summed E-state index contributed by atoms with van der Waals surface area (Å²) in [7, 11) is 0. The SMILES string of the molecule is Cc1cc(N2C(=O)C3CC=CCC3C2=O)ccc1NC(=O)c1cccs1. The van der Waals surface area contributed by atoms with Crippen molar-refractivity contribution in [1.29, 1.82) is 0 Å². The maximum atomic E-state index is 12.7. The molecule has 1 aromatic heterocycles. The average molecular weight is 366 g/mol. The molecule has 6 heteroatoms. The zero-order valence-corrected chi connectivity index (χ0v) is 15.1. The minimum Gasteiger partial charge on any atom is -0.321 e. The van der Waals surface area contributed by atoms with E-state index in [4.69, 9.17) is 0 Å². The minimum atomic E-state index is -0.244. The summed E-state index contributed by atoms with van der Waals surface area (Å²) in [6, 6.07) is 8.84. The van der Waals surface area contributed by atoms with Gasteiger partial charge in [0.25, 0.3) is 5.91 Å². The molecular weight excluding hydrogens is 348 g/mol. The number of anilines is 2. The quantitative estimate of drug-likeness (QED) is 0.664. The Labute approximate surface area is 155 Å². The second-order valence-electron chi connectivity index (χ2n) is 6.60. The molecule has 5 nitrogen and oxygen atoms in total. The summed E-state index contributed by atoms with van der Waals surface area (Å²) in [6.07, 6.45) is 5.20. The van der Waals surface area contributed by atoms with Crippen molar-refractivity contribution in [2.24, 2.45) is 11.8 Å². The fraction of sp³-hybridized carbons (Fsp3) is 0.250. The van der Waals surface area contributed by atoms with Gasteiger partial charge in [-0.1, -0.05) is 18.2 Å². The number of nitrogens with one attached hydrogen (secondary N) is 1. The van der Waals surface area contributed by atoms with Crippen LogP contribution in [-0.4, -0.2) is 17.7 Å². The average Bonchev–Trinajstić information content (AvgIpc) is 3.26. The van der Waals surface area contributed by atoms with Crippen LogP contribution in [0.25, 0.3) is 0 Å². The van der Waals surface area contributed by atoms with Gasteiger partial charge >= 0.3 is 0 Å². The summed E-state index contributed by atoms with van der Waals surface area (Å²) in [5, 5.41) is 4.73. The van der Waals surface area contributed by atoms with Gasteiger partial charge in [0.1, 0.15) is 0 Å². The van der Waals surface area contributed by atoms with E-state index in [1.54, 1.807) is 24.3 Å². The smallest absolute Gasteiger partial charge is 0.265 e. The Morgan fingerprint density at radius 2 is 1.81 bits per heavy atom. The Morgan fingerprint density at radius 1 is 1.12 bits per heavy atom. The van der Waals surface area contributed by atoms with Crippen LogP contribution in [0.5, 0.6) is 0 Å². The highest BCUT2D eigenvalue weighted by Crippen LogP contribution is 2.38. The molecule has 0 spiro atoms. The third-order valence-electron chi connectivity index (χ3n) is 4.97. The summed E-state index contributed by atoms with van der Waals surface area (Å²) < 4.78 is 0. The molecule has 2 atom stereocenters. The molecule has 0 radical (unpaired) electrons. The lowest BCUT2D eigenvalue weighted by Gasteiger charge is -2.17. The van der Waals surface area contributed by atoms with Gasteiger partial charge < -0.3 is 5.32 Å². The number of imide groups is 1. The van der Waals surface area contributed by atoms with E-state index < -0.39 is 0 Å². The normalized spacial score (nSPS) is 21.8. The molecule has 2 aliphatic rings. The van der Waals surface area contributed by atoms with Gasteiger partial charge in [-0.2, -0.15) is 0 Å². The summed E-state index contributed by atoms with van der Waals surface area (Å²) in [4.78, 5) is 39.5. The fourth-order valence-electron chi connectivity index (χ4n) is 3.57. The predicted octanol–water partition coefficient (Wildman–Crippen LogP) is 3.76.